The molecular formula is C23H31N5O. The maximum absolute atomic E-state index is 13.4. The van der Waals surface area contributed by atoms with Crippen molar-refractivity contribution in [1.82, 2.24) is 24.9 Å². The maximum Gasteiger partial charge on any atom is 0.276 e. The van der Waals surface area contributed by atoms with Gasteiger partial charge in [0, 0.05) is 35.8 Å². The van der Waals surface area contributed by atoms with Crippen molar-refractivity contribution in [3.63, 3.8) is 0 Å². The van der Waals surface area contributed by atoms with Gasteiger partial charge in [-0.05, 0) is 38.8 Å². The van der Waals surface area contributed by atoms with Gasteiger partial charge in [-0.25, -0.2) is 4.68 Å². The van der Waals surface area contributed by atoms with E-state index in [2.05, 4.69) is 36.1 Å². The fourth-order valence-electron chi connectivity index (χ4n) is 3.81. The van der Waals surface area contributed by atoms with Crippen LogP contribution >= 0.6 is 0 Å². The Morgan fingerprint density at radius 2 is 2.00 bits per heavy atom. The topological polar surface area (TPSA) is 63.9 Å². The van der Waals surface area contributed by atoms with Gasteiger partial charge in [0.15, 0.2) is 5.69 Å². The molecule has 29 heavy (non-hydrogen) atoms. The number of carbonyl (C=O) groups is 1. The molecule has 6 heteroatoms. The van der Waals surface area contributed by atoms with Crippen LogP contribution in [0, 0.1) is 6.92 Å². The molecule has 0 spiro atoms. The predicted octanol–water partition coefficient (Wildman–Crippen LogP) is 4.94. The van der Waals surface area contributed by atoms with Crippen LogP contribution in [0.2, 0.25) is 0 Å². The Balaban J connectivity index is 1.94. The van der Waals surface area contributed by atoms with Gasteiger partial charge in [-0.2, -0.15) is 0 Å². The van der Waals surface area contributed by atoms with Gasteiger partial charge in [-0.15, -0.1) is 5.10 Å². The number of aromatic nitrogens is 4. The van der Waals surface area contributed by atoms with Crippen LogP contribution in [0.5, 0.6) is 0 Å². The summed E-state index contributed by atoms with van der Waals surface area (Å²) in [6, 6.07) is 8.15. The number of hydrogen-bond acceptors (Lipinski definition) is 4. The number of unbranched alkanes of at least 4 members (excludes halogenated alkanes) is 2. The third-order valence-electron chi connectivity index (χ3n) is 5.49. The molecule has 0 aliphatic heterocycles. The van der Waals surface area contributed by atoms with E-state index in [4.69, 9.17) is 0 Å². The molecule has 0 bridgehead atoms. The zero-order chi connectivity index (χ0) is 20.8. The smallest absolute Gasteiger partial charge is 0.276 e. The summed E-state index contributed by atoms with van der Waals surface area (Å²) in [5.41, 5.74) is 2.12. The van der Waals surface area contributed by atoms with Crippen molar-refractivity contribution in [2.24, 2.45) is 0 Å². The molecule has 0 radical (unpaired) electrons. The Morgan fingerprint density at radius 1 is 1.17 bits per heavy atom. The number of rotatable bonds is 9. The number of nitrogens with zero attached hydrogens (tertiary/aromatic N) is 5. The number of fused-ring (bicyclic) bond motifs is 1. The van der Waals surface area contributed by atoms with Crippen molar-refractivity contribution >= 4 is 16.7 Å². The normalized spacial score (nSPS) is 12.3. The summed E-state index contributed by atoms with van der Waals surface area (Å²) in [5.74, 6) is -0.0206. The Hall–Kier alpha value is -2.76. The number of amides is 1. The van der Waals surface area contributed by atoms with E-state index in [0.717, 1.165) is 60.8 Å². The number of hydrogen-bond donors (Lipinski definition) is 0. The van der Waals surface area contributed by atoms with E-state index in [1.807, 2.05) is 42.3 Å². The largest absolute Gasteiger partial charge is 0.334 e. The van der Waals surface area contributed by atoms with E-state index in [9.17, 15) is 4.79 Å². The molecule has 2 heterocycles. The molecule has 3 rings (SSSR count). The second kappa shape index (κ2) is 9.63. The van der Waals surface area contributed by atoms with Crippen LogP contribution in [-0.2, 0) is 0 Å². The molecule has 0 aliphatic rings. The molecule has 0 saturated heterocycles. The van der Waals surface area contributed by atoms with Gasteiger partial charge in [-0.1, -0.05) is 50.5 Å². The number of carbonyl (C=O) groups excluding carboxylic acids is 1. The predicted molar refractivity (Wildman–Crippen MR) is 116 cm³/mol. The van der Waals surface area contributed by atoms with Gasteiger partial charge < -0.3 is 4.90 Å². The summed E-state index contributed by atoms with van der Waals surface area (Å²) in [6.45, 7) is 9.14. The van der Waals surface area contributed by atoms with Gasteiger partial charge in [0.05, 0.1) is 11.4 Å². The first-order valence-electron chi connectivity index (χ1n) is 10.6. The van der Waals surface area contributed by atoms with Crippen LogP contribution in [-0.4, -0.2) is 43.4 Å². The minimum Gasteiger partial charge on any atom is -0.334 e. The number of benzene rings is 1. The molecule has 1 amide bonds. The fraction of sp³-hybridized carbons (Fsp3) is 0.478. The van der Waals surface area contributed by atoms with Gasteiger partial charge in [0.25, 0.3) is 5.91 Å². The quantitative estimate of drug-likeness (QED) is 0.483. The summed E-state index contributed by atoms with van der Waals surface area (Å²) in [7, 11) is 0. The van der Waals surface area contributed by atoms with Gasteiger partial charge >= 0.3 is 0 Å². The fourth-order valence-corrected chi connectivity index (χ4v) is 3.81. The van der Waals surface area contributed by atoms with Crippen molar-refractivity contribution in [2.45, 2.75) is 65.8 Å². The average Bonchev–Trinajstić information content (AvgIpc) is 3.11. The van der Waals surface area contributed by atoms with E-state index in [-0.39, 0.29) is 11.9 Å². The van der Waals surface area contributed by atoms with E-state index >= 15 is 0 Å². The molecule has 2 aromatic heterocycles. The summed E-state index contributed by atoms with van der Waals surface area (Å²) < 4.78 is 1.77. The first-order chi connectivity index (χ1) is 14.1. The molecule has 6 nitrogen and oxygen atoms in total. The highest BCUT2D eigenvalue weighted by atomic mass is 16.2. The lowest BCUT2D eigenvalue weighted by molar-refractivity contribution is 0.0672. The van der Waals surface area contributed by atoms with Crippen molar-refractivity contribution in [1.29, 1.82) is 0 Å². The summed E-state index contributed by atoms with van der Waals surface area (Å²) in [5, 5.41) is 10.7. The molecule has 0 aliphatic carbocycles. The van der Waals surface area contributed by atoms with Crippen molar-refractivity contribution in [3.05, 3.63) is 48.0 Å². The van der Waals surface area contributed by atoms with Gasteiger partial charge in [0.1, 0.15) is 0 Å². The molecule has 3 aromatic rings. The van der Waals surface area contributed by atoms with E-state index in [1.54, 1.807) is 10.9 Å². The van der Waals surface area contributed by atoms with E-state index < -0.39 is 0 Å². The Bertz CT molecular complexity index is 960. The standard InChI is InChI=1S/C23H31N5O/c1-5-7-8-15-27(17(3)10-6-2)23(29)22-18(4)28(26-25-22)21-12-9-11-19-16-24-14-13-20(19)21/h9,11-14,16-17H,5-8,10,15H2,1-4H3. The third kappa shape index (κ3) is 4.47. The lowest BCUT2D eigenvalue weighted by atomic mass is 10.1. The van der Waals surface area contributed by atoms with Crippen molar-refractivity contribution in [3.8, 4) is 5.69 Å². The molecular weight excluding hydrogens is 362 g/mol. The van der Waals surface area contributed by atoms with Gasteiger partial charge in [-0.3, -0.25) is 9.78 Å². The van der Waals surface area contributed by atoms with Crippen LogP contribution in [0.3, 0.4) is 0 Å². The second-order valence-corrected chi connectivity index (χ2v) is 7.65. The van der Waals surface area contributed by atoms with Crippen molar-refractivity contribution < 1.29 is 4.79 Å². The first-order valence-corrected chi connectivity index (χ1v) is 10.6. The Labute approximate surface area is 172 Å². The zero-order valence-electron chi connectivity index (χ0n) is 17.9. The average molecular weight is 394 g/mol. The lowest BCUT2D eigenvalue weighted by Gasteiger charge is -2.28. The number of pyridine rings is 1. The SMILES string of the molecule is CCCCCN(C(=O)c1nnn(-c2cccc3cnccc23)c1C)C(C)CCC. The highest BCUT2D eigenvalue weighted by Gasteiger charge is 2.26. The summed E-state index contributed by atoms with van der Waals surface area (Å²) in [4.78, 5) is 19.6. The highest BCUT2D eigenvalue weighted by Crippen LogP contribution is 2.23. The first kappa shape index (κ1) is 21.0. The van der Waals surface area contributed by atoms with E-state index in [0.29, 0.717) is 5.69 Å². The van der Waals surface area contributed by atoms with Crippen LogP contribution in [0.4, 0.5) is 0 Å². The minimum atomic E-state index is -0.0206. The van der Waals surface area contributed by atoms with Crippen LogP contribution in [0.25, 0.3) is 16.5 Å². The monoisotopic (exact) mass is 393 g/mol. The lowest BCUT2D eigenvalue weighted by Crippen LogP contribution is -2.40. The third-order valence-corrected chi connectivity index (χ3v) is 5.49. The van der Waals surface area contributed by atoms with Crippen molar-refractivity contribution in [2.75, 3.05) is 6.54 Å². The molecule has 0 fully saturated rings. The molecule has 0 N–H and O–H groups in total. The summed E-state index contributed by atoms with van der Waals surface area (Å²) in [6.07, 6.45) is 8.91. The Morgan fingerprint density at radius 3 is 2.76 bits per heavy atom. The second-order valence-electron chi connectivity index (χ2n) is 7.65. The molecule has 1 unspecified atom stereocenters. The zero-order valence-corrected chi connectivity index (χ0v) is 17.9. The minimum absolute atomic E-state index is 0.0206. The molecule has 0 saturated carbocycles. The van der Waals surface area contributed by atoms with Crippen LogP contribution < -0.4 is 0 Å². The molecule has 154 valence electrons. The van der Waals surface area contributed by atoms with Crippen LogP contribution in [0.1, 0.15) is 69.1 Å². The maximum atomic E-state index is 13.4. The van der Waals surface area contributed by atoms with Crippen LogP contribution in [0.15, 0.2) is 36.7 Å². The van der Waals surface area contributed by atoms with E-state index in [1.165, 1.54) is 0 Å². The van der Waals surface area contributed by atoms with Gasteiger partial charge in [0.2, 0.25) is 0 Å². The molecule has 1 atom stereocenters. The summed E-state index contributed by atoms with van der Waals surface area (Å²) >= 11 is 0. The highest BCUT2D eigenvalue weighted by molar-refractivity contribution is 5.94. The Kier molecular flexibility index (Phi) is 6.96. The molecule has 1 aromatic carbocycles.